The van der Waals surface area contributed by atoms with Gasteiger partial charge in [0.25, 0.3) is 0 Å². The zero-order valence-corrected chi connectivity index (χ0v) is 28.1. The van der Waals surface area contributed by atoms with E-state index in [4.69, 9.17) is 4.79 Å². The average molecular weight is 615 g/mol. The summed E-state index contributed by atoms with van der Waals surface area (Å²) in [6.45, 7) is 9.89. The van der Waals surface area contributed by atoms with E-state index in [2.05, 4.69) is 136 Å². The molecule has 0 aliphatic carbocycles. The second kappa shape index (κ2) is 26.6. The van der Waals surface area contributed by atoms with Crippen molar-refractivity contribution in [2.75, 3.05) is 14.2 Å². The molecule has 0 bridgehead atoms. The number of aryl methyl sites for hydroxylation is 4. The third kappa shape index (κ3) is 18.8. The van der Waals surface area contributed by atoms with Crippen molar-refractivity contribution in [2.24, 2.45) is 0 Å². The van der Waals surface area contributed by atoms with Gasteiger partial charge in [0.1, 0.15) is 6.29 Å². The van der Waals surface area contributed by atoms with Crippen molar-refractivity contribution >= 4 is 17.1 Å². The molecule has 0 spiro atoms. The Morgan fingerprint density at radius 1 is 0.500 bits per heavy atom. The largest absolute Gasteiger partial charge is 0.388 e. The number of carbonyl (C=O) groups is 1. The summed E-state index contributed by atoms with van der Waals surface area (Å²) in [6, 6.07) is 54.5. The lowest BCUT2D eigenvalue weighted by Crippen LogP contribution is -1.91. The molecule has 0 atom stereocenters. The number of aldehydes is 1. The predicted octanol–water partition coefficient (Wildman–Crippen LogP) is 11.8. The molecule has 0 unspecified atom stereocenters. The van der Waals surface area contributed by atoms with Gasteiger partial charge in [-0.25, -0.2) is 0 Å². The van der Waals surface area contributed by atoms with Crippen LogP contribution in [0.2, 0.25) is 0 Å². The molecule has 0 heterocycles. The molecule has 0 amide bonds. The van der Waals surface area contributed by atoms with Gasteiger partial charge in [-0.3, -0.25) is 0 Å². The van der Waals surface area contributed by atoms with Gasteiger partial charge in [-0.15, -0.1) is 0 Å². The highest BCUT2D eigenvalue weighted by molar-refractivity contribution is 5.89. The molecule has 46 heavy (non-hydrogen) atoms. The Balaban J connectivity index is 0.000000606. The number of benzene rings is 6. The van der Waals surface area contributed by atoms with E-state index in [-0.39, 0.29) is 7.43 Å². The quantitative estimate of drug-likeness (QED) is 0.181. The Labute approximate surface area is 279 Å². The molecule has 0 aromatic heterocycles. The van der Waals surface area contributed by atoms with Crippen molar-refractivity contribution < 1.29 is 9.53 Å². The van der Waals surface area contributed by atoms with E-state index in [9.17, 15) is 0 Å². The third-order valence-corrected chi connectivity index (χ3v) is 6.26. The molecule has 6 aromatic rings. The fourth-order valence-corrected chi connectivity index (χ4v) is 4.19. The zero-order valence-electron chi connectivity index (χ0n) is 28.1. The van der Waals surface area contributed by atoms with Crippen LogP contribution in [0.15, 0.2) is 158 Å². The topological polar surface area (TPSA) is 26.3 Å². The summed E-state index contributed by atoms with van der Waals surface area (Å²) >= 11 is 0. The molecule has 0 N–H and O–H groups in total. The van der Waals surface area contributed by atoms with Gasteiger partial charge in [-0.05, 0) is 68.5 Å². The lowest BCUT2D eigenvalue weighted by molar-refractivity contribution is -0.106. The van der Waals surface area contributed by atoms with Crippen molar-refractivity contribution in [1.82, 2.24) is 0 Å². The molecule has 6 aromatic carbocycles. The Kier molecular flexibility index (Phi) is 23.8. The fraction of sp³-hybridized carbons (Fsp3) is 0.205. The molecule has 2 nitrogen and oxygen atoms in total. The van der Waals surface area contributed by atoms with Crippen LogP contribution in [-0.2, 0) is 16.0 Å². The number of methoxy groups -OCH3 is 1. The summed E-state index contributed by atoms with van der Waals surface area (Å²) in [7, 11) is 3.25. The van der Waals surface area contributed by atoms with Crippen LogP contribution in [0.3, 0.4) is 0 Å². The predicted molar refractivity (Wildman–Crippen MR) is 203 cm³/mol. The van der Waals surface area contributed by atoms with E-state index in [0.717, 1.165) is 12.7 Å². The molecule has 2 heteroatoms. The summed E-state index contributed by atoms with van der Waals surface area (Å²) in [5, 5.41) is 2.74. The summed E-state index contributed by atoms with van der Waals surface area (Å²) < 4.78 is 4.25. The van der Waals surface area contributed by atoms with Crippen molar-refractivity contribution in [1.29, 1.82) is 0 Å². The molecule has 0 saturated heterocycles. The average Bonchev–Trinajstić information content (AvgIpc) is 3.05. The van der Waals surface area contributed by atoms with Crippen molar-refractivity contribution in [2.45, 2.75) is 48.5 Å². The second-order valence-electron chi connectivity index (χ2n) is 10.4. The van der Waals surface area contributed by atoms with Crippen molar-refractivity contribution in [3.63, 3.8) is 0 Å². The summed E-state index contributed by atoms with van der Waals surface area (Å²) in [4.78, 5) is 8.81. The van der Waals surface area contributed by atoms with Crippen LogP contribution in [0.1, 0.15) is 47.7 Å². The second-order valence-corrected chi connectivity index (χ2v) is 10.4. The highest BCUT2D eigenvalue weighted by Crippen LogP contribution is 2.24. The maximum absolute atomic E-state index is 8.81. The number of carbonyl (C=O) groups excluding carboxylic acids is 1. The van der Waals surface area contributed by atoms with Gasteiger partial charge in [-0.1, -0.05) is 182 Å². The first-order valence-electron chi connectivity index (χ1n) is 15.2. The monoisotopic (exact) mass is 614 g/mol. The Morgan fingerprint density at radius 3 is 1.15 bits per heavy atom. The summed E-state index contributed by atoms with van der Waals surface area (Å²) in [6.07, 6.45) is 1.75. The van der Waals surface area contributed by atoms with E-state index < -0.39 is 0 Å². The lowest BCUT2D eigenvalue weighted by Gasteiger charge is -2.09. The minimum absolute atomic E-state index is 0. The van der Waals surface area contributed by atoms with Crippen LogP contribution >= 0.6 is 0 Å². The first kappa shape index (κ1) is 41.2. The summed E-state index contributed by atoms with van der Waals surface area (Å²) in [5.41, 5.74) is 8.11. The van der Waals surface area contributed by atoms with E-state index >= 15 is 0 Å². The SMILES string of the molecule is C.CC=O.COC.Cc1cccc2cccc(Cc3ccccc3)c12.Cc1ccccc1.Cc1ccccc1.Cc1ccccc1. The number of hydrogen-bond acceptors (Lipinski definition) is 2. The van der Waals surface area contributed by atoms with Gasteiger partial charge in [0.05, 0.1) is 0 Å². The molecule has 0 aliphatic heterocycles. The zero-order chi connectivity index (χ0) is 33.1. The number of hydrogen-bond donors (Lipinski definition) is 0. The number of fused-ring (bicyclic) bond motifs is 1. The van der Waals surface area contributed by atoms with Gasteiger partial charge in [-0.2, -0.15) is 0 Å². The van der Waals surface area contributed by atoms with E-state index in [1.807, 2.05) is 54.6 Å². The molecular formula is C44H54O2. The Hall–Kier alpha value is -4.79. The normalized spacial score (nSPS) is 8.85. The molecule has 242 valence electrons. The Morgan fingerprint density at radius 2 is 0.826 bits per heavy atom. The first-order valence-corrected chi connectivity index (χ1v) is 15.2. The third-order valence-electron chi connectivity index (χ3n) is 6.26. The lowest BCUT2D eigenvalue weighted by atomic mass is 9.95. The molecular weight excluding hydrogens is 560 g/mol. The van der Waals surface area contributed by atoms with E-state index in [0.29, 0.717) is 0 Å². The highest BCUT2D eigenvalue weighted by atomic mass is 16.4. The molecule has 0 aliphatic rings. The van der Waals surface area contributed by atoms with Gasteiger partial charge < -0.3 is 9.53 Å². The first-order chi connectivity index (χ1) is 21.9. The number of rotatable bonds is 2. The molecule has 6 rings (SSSR count). The van der Waals surface area contributed by atoms with Gasteiger partial charge in [0, 0.05) is 14.2 Å². The van der Waals surface area contributed by atoms with Gasteiger partial charge in [0.15, 0.2) is 0 Å². The van der Waals surface area contributed by atoms with E-state index in [1.165, 1.54) is 51.1 Å². The molecule has 0 fully saturated rings. The van der Waals surface area contributed by atoms with Crippen LogP contribution in [0.25, 0.3) is 10.8 Å². The highest BCUT2D eigenvalue weighted by Gasteiger charge is 2.04. The molecule has 0 saturated carbocycles. The van der Waals surface area contributed by atoms with Crippen LogP contribution in [0, 0.1) is 27.7 Å². The molecule has 0 radical (unpaired) electrons. The maximum atomic E-state index is 8.81. The van der Waals surface area contributed by atoms with Crippen molar-refractivity contribution in [3.8, 4) is 0 Å². The minimum Gasteiger partial charge on any atom is -0.388 e. The fourth-order valence-electron chi connectivity index (χ4n) is 4.19. The van der Waals surface area contributed by atoms with E-state index in [1.54, 1.807) is 14.2 Å². The van der Waals surface area contributed by atoms with Crippen molar-refractivity contribution in [3.05, 3.63) is 191 Å². The number of ether oxygens (including phenoxy) is 1. The summed E-state index contributed by atoms with van der Waals surface area (Å²) in [5.74, 6) is 0. The van der Waals surface area contributed by atoms with Gasteiger partial charge >= 0.3 is 0 Å². The van der Waals surface area contributed by atoms with Crippen LogP contribution in [0.5, 0.6) is 0 Å². The maximum Gasteiger partial charge on any atom is 0.116 e. The van der Waals surface area contributed by atoms with Crippen LogP contribution in [-0.4, -0.2) is 20.5 Å². The van der Waals surface area contributed by atoms with Crippen LogP contribution in [0.4, 0.5) is 0 Å². The van der Waals surface area contributed by atoms with Crippen LogP contribution < -0.4 is 0 Å². The standard InChI is InChI=1S/C18H16.3C7H8.C2H6O.C2H4O.CH4/c1-14-7-5-10-16-11-6-12-17(18(14)16)13-15-8-3-2-4-9-15;3*1-7-5-3-2-4-6-7;1-3-2;1-2-3;/h2-12H,13H2,1H3;3*2-6H,1H3;1-2H3;2H,1H3;1H4. The Bertz CT molecular complexity index is 1450. The minimum atomic E-state index is 0. The van der Waals surface area contributed by atoms with Gasteiger partial charge in [0.2, 0.25) is 0 Å². The smallest absolute Gasteiger partial charge is 0.116 e.